The van der Waals surface area contributed by atoms with Crippen LogP contribution in [0.15, 0.2) is 17.1 Å². The van der Waals surface area contributed by atoms with Gasteiger partial charge in [-0.05, 0) is 48.4 Å². The molecule has 0 N–H and O–H groups in total. The maximum absolute atomic E-state index is 10.7. The van der Waals surface area contributed by atoms with Crippen LogP contribution in [0.5, 0.6) is 5.75 Å². The SMILES string of the molecule is COc1c(Cl)cc(C2(N=C=O)CCC2)cc1C(C)C. The van der Waals surface area contributed by atoms with Gasteiger partial charge in [-0.1, -0.05) is 25.4 Å². The van der Waals surface area contributed by atoms with Gasteiger partial charge in [0, 0.05) is 0 Å². The second-order valence-corrected chi connectivity index (χ2v) is 5.73. The summed E-state index contributed by atoms with van der Waals surface area (Å²) in [5.41, 5.74) is 1.63. The summed E-state index contributed by atoms with van der Waals surface area (Å²) in [7, 11) is 1.62. The van der Waals surface area contributed by atoms with Crippen molar-refractivity contribution in [3.8, 4) is 5.75 Å². The minimum absolute atomic E-state index is 0.296. The Morgan fingerprint density at radius 1 is 1.42 bits per heavy atom. The molecule has 0 unspecified atom stereocenters. The number of halogens is 1. The van der Waals surface area contributed by atoms with Gasteiger partial charge in [0.05, 0.1) is 17.7 Å². The summed E-state index contributed by atoms with van der Waals surface area (Å²) in [6, 6.07) is 3.93. The molecule has 3 nitrogen and oxygen atoms in total. The largest absolute Gasteiger partial charge is 0.495 e. The maximum atomic E-state index is 10.7. The molecule has 1 aromatic rings. The quantitative estimate of drug-likeness (QED) is 0.612. The molecular weight excluding hydrogens is 262 g/mol. The molecule has 0 aromatic heterocycles. The number of isocyanates is 1. The Bertz CT molecular complexity index is 529. The van der Waals surface area contributed by atoms with Crippen molar-refractivity contribution in [2.75, 3.05) is 7.11 Å². The van der Waals surface area contributed by atoms with Crippen molar-refractivity contribution in [1.29, 1.82) is 0 Å². The number of hydrogen-bond donors (Lipinski definition) is 0. The van der Waals surface area contributed by atoms with Crippen LogP contribution in [-0.4, -0.2) is 13.2 Å². The molecule has 1 aromatic carbocycles. The van der Waals surface area contributed by atoms with E-state index in [1.54, 1.807) is 13.2 Å². The highest BCUT2D eigenvalue weighted by atomic mass is 35.5. The lowest BCUT2D eigenvalue weighted by atomic mass is 9.71. The lowest BCUT2D eigenvalue weighted by Gasteiger charge is -2.37. The highest BCUT2D eigenvalue weighted by Gasteiger charge is 2.39. The Labute approximate surface area is 118 Å². The molecule has 4 heteroatoms. The van der Waals surface area contributed by atoms with E-state index in [4.69, 9.17) is 16.3 Å². The lowest BCUT2D eigenvalue weighted by molar-refractivity contribution is 0.255. The highest BCUT2D eigenvalue weighted by Crippen LogP contribution is 2.47. The maximum Gasteiger partial charge on any atom is 0.235 e. The molecular formula is C15H18ClNO2. The number of methoxy groups -OCH3 is 1. The third kappa shape index (κ3) is 2.41. The van der Waals surface area contributed by atoms with Gasteiger partial charge in [0.15, 0.2) is 0 Å². The van der Waals surface area contributed by atoms with Crippen molar-refractivity contribution in [3.05, 3.63) is 28.3 Å². The van der Waals surface area contributed by atoms with Crippen molar-refractivity contribution < 1.29 is 9.53 Å². The average Bonchev–Trinajstić information content (AvgIpc) is 2.32. The van der Waals surface area contributed by atoms with Gasteiger partial charge in [-0.3, -0.25) is 0 Å². The van der Waals surface area contributed by atoms with Crippen LogP contribution in [0.1, 0.15) is 50.2 Å². The molecule has 2 rings (SSSR count). The molecule has 1 aliphatic rings. The fourth-order valence-electron chi connectivity index (χ4n) is 2.59. The van der Waals surface area contributed by atoms with Gasteiger partial charge in [-0.25, -0.2) is 4.79 Å². The Morgan fingerprint density at radius 3 is 2.53 bits per heavy atom. The van der Waals surface area contributed by atoms with Crippen molar-refractivity contribution in [2.45, 2.75) is 44.6 Å². The number of hydrogen-bond acceptors (Lipinski definition) is 3. The van der Waals surface area contributed by atoms with E-state index < -0.39 is 5.54 Å². The van der Waals surface area contributed by atoms with Gasteiger partial charge in [0.2, 0.25) is 6.08 Å². The first-order chi connectivity index (χ1) is 9.04. The first-order valence-corrected chi connectivity index (χ1v) is 6.89. The number of benzene rings is 1. The van der Waals surface area contributed by atoms with E-state index in [1.807, 2.05) is 6.07 Å². The van der Waals surface area contributed by atoms with E-state index in [2.05, 4.69) is 24.9 Å². The highest BCUT2D eigenvalue weighted by molar-refractivity contribution is 6.32. The third-order valence-corrected chi connectivity index (χ3v) is 4.16. The molecule has 0 saturated heterocycles. The summed E-state index contributed by atoms with van der Waals surface area (Å²) >= 11 is 6.30. The molecule has 1 saturated carbocycles. The van der Waals surface area contributed by atoms with Gasteiger partial charge in [-0.15, -0.1) is 0 Å². The Hall–Kier alpha value is -1.31. The van der Waals surface area contributed by atoms with E-state index in [9.17, 15) is 4.79 Å². The van der Waals surface area contributed by atoms with Gasteiger partial charge in [-0.2, -0.15) is 4.99 Å². The van der Waals surface area contributed by atoms with Crippen LogP contribution < -0.4 is 4.74 Å². The van der Waals surface area contributed by atoms with E-state index in [1.165, 1.54) is 0 Å². The second kappa shape index (κ2) is 5.36. The molecule has 0 atom stereocenters. The standard InChI is InChI=1S/C15H18ClNO2/c1-10(2)12-7-11(8-13(16)14(12)19-3)15(17-9-18)5-4-6-15/h7-8,10H,4-6H2,1-3H3. The van der Waals surface area contributed by atoms with Crippen LogP contribution in [0, 0.1) is 0 Å². The van der Waals surface area contributed by atoms with Crippen LogP contribution in [-0.2, 0) is 10.3 Å². The predicted octanol–water partition coefficient (Wildman–Crippen LogP) is 4.19. The van der Waals surface area contributed by atoms with Crippen molar-refractivity contribution >= 4 is 17.7 Å². The minimum Gasteiger partial charge on any atom is -0.495 e. The Morgan fingerprint density at radius 2 is 2.11 bits per heavy atom. The predicted molar refractivity (Wildman–Crippen MR) is 75.7 cm³/mol. The summed E-state index contributed by atoms with van der Waals surface area (Å²) in [5, 5.41) is 0.580. The van der Waals surface area contributed by atoms with E-state index in [0.717, 1.165) is 30.4 Å². The van der Waals surface area contributed by atoms with Crippen molar-refractivity contribution in [1.82, 2.24) is 0 Å². The third-order valence-electron chi connectivity index (χ3n) is 3.88. The number of carbonyl (C=O) groups excluding carboxylic acids is 1. The topological polar surface area (TPSA) is 38.7 Å². The molecule has 0 bridgehead atoms. The first kappa shape index (κ1) is 14.1. The number of nitrogens with zero attached hydrogens (tertiary/aromatic N) is 1. The molecule has 19 heavy (non-hydrogen) atoms. The van der Waals surface area contributed by atoms with E-state index in [-0.39, 0.29) is 0 Å². The summed E-state index contributed by atoms with van der Waals surface area (Å²) in [4.78, 5) is 14.7. The molecule has 0 heterocycles. The summed E-state index contributed by atoms with van der Waals surface area (Å²) < 4.78 is 5.38. The van der Waals surface area contributed by atoms with Crippen molar-refractivity contribution in [3.63, 3.8) is 0 Å². The zero-order chi connectivity index (χ0) is 14.0. The number of aliphatic imine (C=N–C) groups is 1. The zero-order valence-electron chi connectivity index (χ0n) is 11.5. The van der Waals surface area contributed by atoms with Crippen LogP contribution >= 0.6 is 11.6 Å². The molecule has 0 spiro atoms. The second-order valence-electron chi connectivity index (χ2n) is 5.32. The monoisotopic (exact) mass is 279 g/mol. The fourth-order valence-corrected chi connectivity index (χ4v) is 2.90. The summed E-state index contributed by atoms with van der Waals surface area (Å²) in [6.07, 6.45) is 4.54. The van der Waals surface area contributed by atoms with E-state index in [0.29, 0.717) is 16.7 Å². The molecule has 1 fully saturated rings. The first-order valence-electron chi connectivity index (χ1n) is 6.51. The molecule has 0 amide bonds. The van der Waals surface area contributed by atoms with Crippen LogP contribution in [0.2, 0.25) is 5.02 Å². The molecule has 0 radical (unpaired) electrons. The molecule has 102 valence electrons. The lowest BCUT2D eigenvalue weighted by Crippen LogP contribution is -2.32. The molecule has 0 aliphatic heterocycles. The normalized spacial score (nSPS) is 16.7. The van der Waals surface area contributed by atoms with Gasteiger partial charge < -0.3 is 4.74 Å². The number of ether oxygens (including phenoxy) is 1. The number of rotatable bonds is 4. The molecule has 1 aliphatic carbocycles. The van der Waals surface area contributed by atoms with Crippen LogP contribution in [0.3, 0.4) is 0 Å². The van der Waals surface area contributed by atoms with Crippen LogP contribution in [0.25, 0.3) is 0 Å². The Kier molecular flexibility index (Phi) is 3.98. The Balaban J connectivity index is 2.56. The fraction of sp³-hybridized carbons (Fsp3) is 0.533. The minimum atomic E-state index is -0.415. The summed E-state index contributed by atoms with van der Waals surface area (Å²) in [5.74, 6) is 1.01. The smallest absolute Gasteiger partial charge is 0.235 e. The van der Waals surface area contributed by atoms with Gasteiger partial charge >= 0.3 is 0 Å². The van der Waals surface area contributed by atoms with Crippen molar-refractivity contribution in [2.24, 2.45) is 4.99 Å². The van der Waals surface area contributed by atoms with Gasteiger partial charge in [0.25, 0.3) is 0 Å². The average molecular weight is 280 g/mol. The summed E-state index contributed by atoms with van der Waals surface area (Å²) in [6.45, 7) is 4.18. The zero-order valence-corrected chi connectivity index (χ0v) is 12.3. The van der Waals surface area contributed by atoms with Crippen LogP contribution in [0.4, 0.5) is 0 Å². The van der Waals surface area contributed by atoms with Gasteiger partial charge in [0.1, 0.15) is 5.75 Å². The van der Waals surface area contributed by atoms with E-state index >= 15 is 0 Å².